The molecule has 2 atom stereocenters. The van der Waals surface area contributed by atoms with E-state index in [0.29, 0.717) is 25.3 Å². The van der Waals surface area contributed by atoms with Crippen LogP contribution in [0.25, 0.3) is 22.5 Å². The van der Waals surface area contributed by atoms with Crippen molar-refractivity contribution < 1.29 is 4.79 Å². The fraction of sp³-hybridized carbons (Fsp3) is 0.469. The Bertz CT molecular complexity index is 1510. The number of nitrogens with zero attached hydrogens (tertiary/aromatic N) is 6. The molecule has 2 aromatic carbocycles. The number of likely N-dealkylation sites (N-methyl/N-ethyl adjacent to an activating group) is 1. The van der Waals surface area contributed by atoms with Gasteiger partial charge in [0.25, 0.3) is 5.56 Å². The Morgan fingerprint density at radius 1 is 0.976 bits per heavy atom. The van der Waals surface area contributed by atoms with E-state index in [0.717, 1.165) is 72.0 Å². The second-order valence-corrected chi connectivity index (χ2v) is 11.0. The Morgan fingerprint density at radius 2 is 1.71 bits per heavy atom. The fourth-order valence-corrected chi connectivity index (χ4v) is 6.20. The zero-order valence-electron chi connectivity index (χ0n) is 24.6. The number of aromatic nitrogens is 6. The SMILES string of the molecule is CCCCCc1c(Cc2ccc(-c3ccccc3-c3nnn[nH]3)cc2)c(=O)n2n1C(C(=O)N(CC)CC)CCC2C. The van der Waals surface area contributed by atoms with E-state index in [-0.39, 0.29) is 23.6 Å². The monoisotopic (exact) mass is 555 g/mol. The summed E-state index contributed by atoms with van der Waals surface area (Å²) in [5.74, 6) is 0.746. The van der Waals surface area contributed by atoms with Gasteiger partial charge in [-0.2, -0.15) is 0 Å². The molecule has 1 aliphatic heterocycles. The number of carbonyl (C=O) groups is 1. The highest BCUT2D eigenvalue weighted by molar-refractivity contribution is 5.81. The second-order valence-electron chi connectivity index (χ2n) is 11.0. The summed E-state index contributed by atoms with van der Waals surface area (Å²) in [7, 11) is 0. The molecule has 1 aliphatic rings. The summed E-state index contributed by atoms with van der Waals surface area (Å²) in [5.41, 5.74) is 6.00. The third-order valence-corrected chi connectivity index (χ3v) is 8.44. The number of unbranched alkanes of at least 4 members (excludes halogenated alkanes) is 2. The maximum absolute atomic E-state index is 14.0. The minimum atomic E-state index is -0.325. The minimum absolute atomic E-state index is 0.0493. The van der Waals surface area contributed by atoms with Gasteiger partial charge in [0.05, 0.1) is 6.04 Å². The van der Waals surface area contributed by atoms with Crippen molar-refractivity contribution in [2.24, 2.45) is 0 Å². The zero-order valence-corrected chi connectivity index (χ0v) is 24.6. The quantitative estimate of drug-likeness (QED) is 0.243. The lowest BCUT2D eigenvalue weighted by atomic mass is 9.96. The largest absolute Gasteiger partial charge is 0.341 e. The van der Waals surface area contributed by atoms with Crippen LogP contribution in [0.5, 0.6) is 0 Å². The molecular weight excluding hydrogens is 514 g/mol. The van der Waals surface area contributed by atoms with Crippen LogP contribution in [0.4, 0.5) is 0 Å². The molecular formula is C32H41N7O2. The molecule has 5 rings (SSSR count). The molecule has 1 N–H and O–H groups in total. The molecule has 0 spiro atoms. The number of carbonyl (C=O) groups excluding carboxylic acids is 1. The molecule has 41 heavy (non-hydrogen) atoms. The van der Waals surface area contributed by atoms with Crippen LogP contribution < -0.4 is 5.56 Å². The van der Waals surface area contributed by atoms with Crippen molar-refractivity contribution in [2.45, 2.75) is 84.7 Å². The number of benzene rings is 2. The van der Waals surface area contributed by atoms with E-state index in [1.165, 1.54) is 0 Å². The summed E-state index contributed by atoms with van der Waals surface area (Å²) in [4.78, 5) is 29.6. The van der Waals surface area contributed by atoms with Gasteiger partial charge in [0.2, 0.25) is 5.91 Å². The average molecular weight is 556 g/mol. The molecule has 4 aromatic rings. The van der Waals surface area contributed by atoms with E-state index >= 15 is 0 Å². The van der Waals surface area contributed by atoms with Crippen molar-refractivity contribution in [1.29, 1.82) is 0 Å². The van der Waals surface area contributed by atoms with Crippen LogP contribution in [-0.4, -0.2) is 53.9 Å². The van der Waals surface area contributed by atoms with Crippen molar-refractivity contribution in [2.75, 3.05) is 13.1 Å². The number of nitrogens with one attached hydrogen (secondary N) is 1. The highest BCUT2D eigenvalue weighted by Gasteiger charge is 2.36. The number of hydrogen-bond donors (Lipinski definition) is 1. The Kier molecular flexibility index (Phi) is 8.81. The molecule has 0 fully saturated rings. The summed E-state index contributed by atoms with van der Waals surface area (Å²) < 4.78 is 3.99. The Balaban J connectivity index is 1.52. The van der Waals surface area contributed by atoms with Crippen LogP contribution in [-0.2, 0) is 17.6 Å². The van der Waals surface area contributed by atoms with Gasteiger partial charge >= 0.3 is 0 Å². The van der Waals surface area contributed by atoms with E-state index < -0.39 is 0 Å². The zero-order chi connectivity index (χ0) is 28.9. The van der Waals surface area contributed by atoms with Crippen molar-refractivity contribution in [3.05, 3.63) is 75.7 Å². The summed E-state index contributed by atoms with van der Waals surface area (Å²) >= 11 is 0. The van der Waals surface area contributed by atoms with Crippen molar-refractivity contribution in [1.82, 2.24) is 34.9 Å². The third kappa shape index (κ3) is 5.62. The molecule has 9 nitrogen and oxygen atoms in total. The van der Waals surface area contributed by atoms with Gasteiger partial charge in [0, 0.05) is 36.3 Å². The van der Waals surface area contributed by atoms with Crippen LogP contribution in [0.1, 0.15) is 88.7 Å². The Morgan fingerprint density at radius 3 is 2.37 bits per heavy atom. The van der Waals surface area contributed by atoms with Crippen LogP contribution in [0.15, 0.2) is 53.3 Å². The van der Waals surface area contributed by atoms with Gasteiger partial charge in [-0.15, -0.1) is 5.10 Å². The molecule has 0 aliphatic carbocycles. The highest BCUT2D eigenvalue weighted by atomic mass is 16.2. The van der Waals surface area contributed by atoms with Gasteiger partial charge in [-0.25, -0.2) is 9.78 Å². The predicted octanol–water partition coefficient (Wildman–Crippen LogP) is 5.58. The standard InChI is InChI=1S/C32H41N7O2/c1-5-8-9-14-28-27(31(40)38-22(4)15-20-29(39(28)38)32(41)37(6-2)7-3)21-23-16-18-24(19-17-23)25-12-10-11-13-26(25)30-33-35-36-34-30/h10-13,16-19,22,29H,5-9,14-15,20-21H2,1-4H3,(H,33,34,35,36). The van der Waals surface area contributed by atoms with Crippen molar-refractivity contribution in [3.8, 4) is 22.5 Å². The Hall–Kier alpha value is -4.01. The fourth-order valence-electron chi connectivity index (χ4n) is 6.20. The number of fused-ring (bicyclic) bond motifs is 1. The molecule has 2 aromatic heterocycles. The molecule has 9 heteroatoms. The number of rotatable bonds is 11. The van der Waals surface area contributed by atoms with E-state index in [2.05, 4.69) is 69.5 Å². The highest BCUT2D eigenvalue weighted by Crippen LogP contribution is 2.33. The van der Waals surface area contributed by atoms with Crippen LogP contribution in [0, 0.1) is 0 Å². The number of aromatic amines is 1. The van der Waals surface area contributed by atoms with E-state index in [4.69, 9.17) is 0 Å². The van der Waals surface area contributed by atoms with Crippen LogP contribution >= 0.6 is 0 Å². The van der Waals surface area contributed by atoms with Gasteiger partial charge in [-0.1, -0.05) is 68.3 Å². The van der Waals surface area contributed by atoms with E-state index in [1.54, 1.807) is 0 Å². The second kappa shape index (κ2) is 12.7. The molecule has 3 heterocycles. The number of hydrogen-bond acceptors (Lipinski definition) is 5. The van der Waals surface area contributed by atoms with E-state index in [1.807, 2.05) is 41.6 Å². The first-order valence-electron chi connectivity index (χ1n) is 15.0. The first kappa shape index (κ1) is 28.5. The summed E-state index contributed by atoms with van der Waals surface area (Å²) in [5, 5.41) is 14.4. The molecule has 0 saturated carbocycles. The van der Waals surface area contributed by atoms with Crippen molar-refractivity contribution >= 4 is 5.91 Å². The van der Waals surface area contributed by atoms with Gasteiger partial charge in [0.1, 0.15) is 6.04 Å². The molecule has 0 radical (unpaired) electrons. The lowest BCUT2D eigenvalue weighted by Crippen LogP contribution is -2.43. The number of tetrazole rings is 1. The van der Waals surface area contributed by atoms with Gasteiger partial charge in [-0.3, -0.25) is 14.3 Å². The maximum atomic E-state index is 14.0. The molecule has 216 valence electrons. The first-order chi connectivity index (χ1) is 20.0. The lowest BCUT2D eigenvalue weighted by Gasteiger charge is -2.35. The molecule has 1 amide bonds. The van der Waals surface area contributed by atoms with Gasteiger partial charge < -0.3 is 4.90 Å². The van der Waals surface area contributed by atoms with Crippen molar-refractivity contribution in [3.63, 3.8) is 0 Å². The smallest absolute Gasteiger partial charge is 0.270 e. The number of amides is 1. The normalized spacial score (nSPS) is 16.5. The van der Waals surface area contributed by atoms with Gasteiger partial charge in [-0.05, 0) is 73.6 Å². The average Bonchev–Trinajstić information content (AvgIpc) is 3.62. The summed E-state index contributed by atoms with van der Waals surface area (Å²) in [6.45, 7) is 9.68. The Labute approximate surface area is 241 Å². The first-order valence-corrected chi connectivity index (χ1v) is 15.0. The molecule has 0 bridgehead atoms. The van der Waals surface area contributed by atoms with E-state index in [9.17, 15) is 9.59 Å². The van der Waals surface area contributed by atoms with Crippen LogP contribution in [0.2, 0.25) is 0 Å². The van der Waals surface area contributed by atoms with Crippen LogP contribution in [0.3, 0.4) is 0 Å². The maximum Gasteiger partial charge on any atom is 0.270 e. The topological polar surface area (TPSA) is 102 Å². The minimum Gasteiger partial charge on any atom is -0.341 e. The summed E-state index contributed by atoms with van der Waals surface area (Å²) in [6, 6.07) is 16.2. The molecule has 2 unspecified atom stereocenters. The lowest BCUT2D eigenvalue weighted by molar-refractivity contribution is -0.136. The summed E-state index contributed by atoms with van der Waals surface area (Å²) in [6.07, 6.45) is 6.13. The number of H-pyrrole nitrogens is 1. The third-order valence-electron chi connectivity index (χ3n) is 8.44. The molecule has 0 saturated heterocycles. The predicted molar refractivity (Wildman–Crippen MR) is 161 cm³/mol. The van der Waals surface area contributed by atoms with Gasteiger partial charge in [0.15, 0.2) is 5.82 Å².